The highest BCUT2D eigenvalue weighted by molar-refractivity contribution is 5.77. The molecule has 0 radical (unpaired) electrons. The van der Waals surface area contributed by atoms with Crippen LogP contribution in [0.4, 0.5) is 0 Å². The first-order chi connectivity index (χ1) is 8.08. The highest BCUT2D eigenvalue weighted by Gasteiger charge is 2.17. The lowest BCUT2D eigenvalue weighted by Crippen LogP contribution is -2.04. The van der Waals surface area contributed by atoms with E-state index in [4.69, 9.17) is 4.52 Å². The summed E-state index contributed by atoms with van der Waals surface area (Å²) in [5, 5.41) is 4.03. The standard InChI is InChI=1S/C15H21NO/c1-10(2)8-13-6-5-7-14(9-13)15-11(3)16-17-12(15)4/h5,7,9-10,13H,6,8H2,1-4H3. The minimum atomic E-state index is 0.656. The van der Waals surface area contributed by atoms with Gasteiger partial charge in [-0.25, -0.2) is 0 Å². The van der Waals surface area contributed by atoms with Crippen LogP contribution in [0.25, 0.3) is 5.57 Å². The van der Waals surface area contributed by atoms with Crippen LogP contribution in [0.2, 0.25) is 0 Å². The van der Waals surface area contributed by atoms with Crippen molar-refractivity contribution in [2.24, 2.45) is 11.8 Å². The van der Waals surface area contributed by atoms with E-state index in [2.05, 4.69) is 37.2 Å². The highest BCUT2D eigenvalue weighted by atomic mass is 16.5. The summed E-state index contributed by atoms with van der Waals surface area (Å²) in [7, 11) is 0. The Morgan fingerprint density at radius 1 is 1.41 bits per heavy atom. The van der Waals surface area contributed by atoms with Crippen molar-refractivity contribution < 1.29 is 4.52 Å². The lowest BCUT2D eigenvalue weighted by atomic mass is 9.86. The number of rotatable bonds is 3. The van der Waals surface area contributed by atoms with Gasteiger partial charge in [0.05, 0.1) is 5.69 Å². The van der Waals surface area contributed by atoms with Crippen LogP contribution in [0.1, 0.15) is 43.7 Å². The van der Waals surface area contributed by atoms with Gasteiger partial charge < -0.3 is 4.52 Å². The molecule has 1 unspecified atom stereocenters. The molecule has 0 saturated carbocycles. The lowest BCUT2D eigenvalue weighted by molar-refractivity contribution is 0.393. The van der Waals surface area contributed by atoms with Crippen molar-refractivity contribution in [2.75, 3.05) is 0 Å². The van der Waals surface area contributed by atoms with Crippen molar-refractivity contribution in [3.63, 3.8) is 0 Å². The molecule has 0 spiro atoms. The van der Waals surface area contributed by atoms with E-state index in [-0.39, 0.29) is 0 Å². The molecular formula is C15H21NO. The third kappa shape index (κ3) is 2.68. The van der Waals surface area contributed by atoms with Crippen molar-refractivity contribution in [2.45, 2.75) is 40.5 Å². The van der Waals surface area contributed by atoms with Gasteiger partial charge in [-0.3, -0.25) is 0 Å². The van der Waals surface area contributed by atoms with Gasteiger partial charge in [-0.2, -0.15) is 0 Å². The molecule has 92 valence electrons. The third-order valence-corrected chi connectivity index (χ3v) is 3.25. The molecular weight excluding hydrogens is 210 g/mol. The fourth-order valence-corrected chi connectivity index (χ4v) is 2.58. The first-order valence-electron chi connectivity index (χ1n) is 6.39. The van der Waals surface area contributed by atoms with Gasteiger partial charge in [0, 0.05) is 5.56 Å². The molecule has 2 heteroatoms. The summed E-state index contributed by atoms with van der Waals surface area (Å²) >= 11 is 0. The summed E-state index contributed by atoms with van der Waals surface area (Å²) in [6, 6.07) is 0. The van der Waals surface area contributed by atoms with E-state index in [0.29, 0.717) is 5.92 Å². The Bertz CT molecular complexity index is 432. The molecule has 0 aliphatic heterocycles. The number of aromatic nitrogens is 1. The molecule has 1 heterocycles. The Morgan fingerprint density at radius 2 is 2.18 bits per heavy atom. The van der Waals surface area contributed by atoms with Crippen LogP contribution in [0.3, 0.4) is 0 Å². The smallest absolute Gasteiger partial charge is 0.141 e. The number of aryl methyl sites for hydroxylation is 2. The summed E-state index contributed by atoms with van der Waals surface area (Å²) in [6.07, 6.45) is 9.26. The number of hydrogen-bond acceptors (Lipinski definition) is 2. The van der Waals surface area contributed by atoms with Gasteiger partial charge in [0.1, 0.15) is 5.76 Å². The monoisotopic (exact) mass is 231 g/mol. The third-order valence-electron chi connectivity index (χ3n) is 3.25. The molecule has 0 fully saturated rings. The first-order valence-corrected chi connectivity index (χ1v) is 6.39. The molecule has 0 bridgehead atoms. The Morgan fingerprint density at radius 3 is 2.76 bits per heavy atom. The van der Waals surface area contributed by atoms with Gasteiger partial charge in [0.25, 0.3) is 0 Å². The summed E-state index contributed by atoms with van der Waals surface area (Å²) in [4.78, 5) is 0. The zero-order valence-electron chi connectivity index (χ0n) is 11.2. The molecule has 1 aromatic rings. The first kappa shape index (κ1) is 12.2. The highest BCUT2D eigenvalue weighted by Crippen LogP contribution is 2.31. The van der Waals surface area contributed by atoms with E-state index < -0.39 is 0 Å². The molecule has 0 aromatic carbocycles. The van der Waals surface area contributed by atoms with E-state index >= 15 is 0 Å². The molecule has 17 heavy (non-hydrogen) atoms. The Labute approximate surface area is 103 Å². The zero-order valence-corrected chi connectivity index (χ0v) is 11.2. The van der Waals surface area contributed by atoms with Gasteiger partial charge >= 0.3 is 0 Å². The van der Waals surface area contributed by atoms with Gasteiger partial charge in [-0.1, -0.05) is 37.2 Å². The van der Waals surface area contributed by atoms with Crippen LogP contribution < -0.4 is 0 Å². The number of hydrogen-bond donors (Lipinski definition) is 0. The molecule has 0 N–H and O–H groups in total. The SMILES string of the molecule is Cc1noc(C)c1C1=CC(CC(C)C)CC=C1. The molecule has 1 aromatic heterocycles. The average molecular weight is 231 g/mol. The van der Waals surface area contributed by atoms with E-state index in [9.17, 15) is 0 Å². The van der Waals surface area contributed by atoms with Crippen LogP contribution in [0.15, 0.2) is 22.8 Å². The normalized spacial score (nSPS) is 19.8. The van der Waals surface area contributed by atoms with Gasteiger partial charge in [0.2, 0.25) is 0 Å². The van der Waals surface area contributed by atoms with Crippen molar-refractivity contribution in [3.05, 3.63) is 35.2 Å². The number of allylic oxidation sites excluding steroid dienone is 4. The van der Waals surface area contributed by atoms with Gasteiger partial charge in [-0.05, 0) is 44.1 Å². The second-order valence-electron chi connectivity index (χ2n) is 5.35. The number of nitrogens with zero attached hydrogens (tertiary/aromatic N) is 1. The minimum absolute atomic E-state index is 0.656. The van der Waals surface area contributed by atoms with Gasteiger partial charge in [0.15, 0.2) is 0 Å². The Hall–Kier alpha value is -1.31. The van der Waals surface area contributed by atoms with Crippen LogP contribution in [-0.2, 0) is 0 Å². The van der Waals surface area contributed by atoms with Crippen LogP contribution in [-0.4, -0.2) is 5.16 Å². The maximum absolute atomic E-state index is 5.24. The second kappa shape index (κ2) is 4.91. The molecule has 1 aliphatic carbocycles. The molecule has 2 rings (SSSR count). The maximum Gasteiger partial charge on any atom is 0.141 e. The quantitative estimate of drug-likeness (QED) is 0.775. The summed E-state index contributed by atoms with van der Waals surface area (Å²) in [6.45, 7) is 8.55. The molecule has 0 amide bonds. The Balaban J connectivity index is 2.26. The van der Waals surface area contributed by atoms with Crippen LogP contribution >= 0.6 is 0 Å². The van der Waals surface area contributed by atoms with Gasteiger partial charge in [-0.15, -0.1) is 0 Å². The van der Waals surface area contributed by atoms with E-state index in [1.165, 1.54) is 17.6 Å². The predicted octanol–water partition coefficient (Wildman–Crippen LogP) is 4.30. The van der Waals surface area contributed by atoms with Crippen LogP contribution in [0.5, 0.6) is 0 Å². The summed E-state index contributed by atoms with van der Waals surface area (Å²) in [5.74, 6) is 2.32. The molecule has 2 nitrogen and oxygen atoms in total. The van der Waals surface area contributed by atoms with E-state index in [0.717, 1.165) is 23.8 Å². The fraction of sp³-hybridized carbons (Fsp3) is 0.533. The van der Waals surface area contributed by atoms with Crippen molar-refractivity contribution >= 4 is 5.57 Å². The molecule has 1 aliphatic rings. The Kier molecular flexibility index (Phi) is 3.51. The topological polar surface area (TPSA) is 26.0 Å². The molecule has 1 atom stereocenters. The summed E-state index contributed by atoms with van der Waals surface area (Å²) < 4.78 is 5.24. The largest absolute Gasteiger partial charge is 0.361 e. The minimum Gasteiger partial charge on any atom is -0.361 e. The van der Waals surface area contributed by atoms with E-state index in [1.54, 1.807) is 0 Å². The maximum atomic E-state index is 5.24. The van der Waals surface area contributed by atoms with E-state index in [1.807, 2.05) is 13.8 Å². The lowest BCUT2D eigenvalue weighted by Gasteiger charge is -2.18. The van der Waals surface area contributed by atoms with Crippen molar-refractivity contribution in [3.8, 4) is 0 Å². The second-order valence-corrected chi connectivity index (χ2v) is 5.35. The fourth-order valence-electron chi connectivity index (χ4n) is 2.58. The zero-order chi connectivity index (χ0) is 12.4. The van der Waals surface area contributed by atoms with Crippen molar-refractivity contribution in [1.82, 2.24) is 5.16 Å². The van der Waals surface area contributed by atoms with Crippen LogP contribution in [0, 0.1) is 25.7 Å². The predicted molar refractivity (Wildman–Crippen MR) is 70.7 cm³/mol. The summed E-state index contributed by atoms with van der Waals surface area (Å²) in [5.41, 5.74) is 3.44. The average Bonchev–Trinajstić information content (AvgIpc) is 2.58. The molecule has 0 saturated heterocycles. The van der Waals surface area contributed by atoms with Crippen molar-refractivity contribution in [1.29, 1.82) is 0 Å².